The summed E-state index contributed by atoms with van der Waals surface area (Å²) < 4.78 is 10.8. The van der Waals surface area contributed by atoms with E-state index in [1.165, 1.54) is 11.1 Å². The fourth-order valence-corrected chi connectivity index (χ4v) is 3.60. The monoisotopic (exact) mass is 382 g/mol. The minimum absolute atomic E-state index is 0.0322. The van der Waals surface area contributed by atoms with Crippen molar-refractivity contribution >= 4 is 5.91 Å². The fourth-order valence-electron chi connectivity index (χ4n) is 3.60. The highest BCUT2D eigenvalue weighted by atomic mass is 16.5. The quantitative estimate of drug-likeness (QED) is 0.762. The molecule has 1 aliphatic rings. The lowest BCUT2D eigenvalue weighted by Crippen LogP contribution is -2.48. The number of benzene rings is 2. The maximum Gasteiger partial charge on any atom is 0.261 e. The van der Waals surface area contributed by atoms with Crippen LogP contribution in [0.1, 0.15) is 41.3 Å². The summed E-state index contributed by atoms with van der Waals surface area (Å²) in [5.74, 6) is 1.62. The molecule has 1 fully saturated rings. The first-order valence-electron chi connectivity index (χ1n) is 9.85. The van der Waals surface area contributed by atoms with Gasteiger partial charge in [-0.1, -0.05) is 44.2 Å². The van der Waals surface area contributed by atoms with Gasteiger partial charge >= 0.3 is 0 Å². The predicted molar refractivity (Wildman–Crippen MR) is 111 cm³/mol. The zero-order chi connectivity index (χ0) is 20.1. The number of methoxy groups -OCH3 is 2. The zero-order valence-electron chi connectivity index (χ0n) is 17.3. The summed E-state index contributed by atoms with van der Waals surface area (Å²) in [5.41, 5.74) is 3.19. The van der Waals surface area contributed by atoms with Crippen molar-refractivity contribution in [2.75, 3.05) is 40.4 Å². The molecule has 3 rings (SSSR count). The number of hydrogen-bond donors (Lipinski definition) is 0. The number of ether oxygens (including phenoxy) is 2. The van der Waals surface area contributed by atoms with Crippen molar-refractivity contribution in [2.45, 2.75) is 26.3 Å². The summed E-state index contributed by atoms with van der Waals surface area (Å²) in [6.45, 7) is 8.45. The Balaban J connectivity index is 1.62. The van der Waals surface area contributed by atoms with E-state index in [0.717, 1.165) is 19.6 Å². The molecule has 2 aromatic carbocycles. The smallest absolute Gasteiger partial charge is 0.261 e. The molecule has 150 valence electrons. The van der Waals surface area contributed by atoms with Gasteiger partial charge in [0.25, 0.3) is 5.91 Å². The van der Waals surface area contributed by atoms with Crippen molar-refractivity contribution in [3.05, 3.63) is 59.2 Å². The Kier molecular flexibility index (Phi) is 6.57. The summed E-state index contributed by atoms with van der Waals surface area (Å²) in [5, 5.41) is 0. The molecule has 5 nitrogen and oxygen atoms in total. The molecule has 0 bridgehead atoms. The molecule has 0 aliphatic carbocycles. The Bertz CT molecular complexity index is 772. The molecule has 1 heterocycles. The van der Waals surface area contributed by atoms with Gasteiger partial charge in [0.1, 0.15) is 17.1 Å². The van der Waals surface area contributed by atoms with Crippen LogP contribution in [-0.4, -0.2) is 56.1 Å². The van der Waals surface area contributed by atoms with Crippen molar-refractivity contribution in [3.8, 4) is 11.5 Å². The van der Waals surface area contributed by atoms with Gasteiger partial charge in [0.2, 0.25) is 0 Å². The second kappa shape index (κ2) is 9.11. The normalized spacial score (nSPS) is 15.0. The lowest BCUT2D eigenvalue weighted by atomic mass is 10.0. The first kappa shape index (κ1) is 20.2. The molecule has 0 N–H and O–H groups in total. The molecule has 1 aliphatic heterocycles. The van der Waals surface area contributed by atoms with Gasteiger partial charge < -0.3 is 14.4 Å². The van der Waals surface area contributed by atoms with Crippen LogP contribution in [0, 0.1) is 0 Å². The number of rotatable bonds is 6. The van der Waals surface area contributed by atoms with Crippen LogP contribution in [0.15, 0.2) is 42.5 Å². The van der Waals surface area contributed by atoms with E-state index in [1.54, 1.807) is 26.4 Å². The third kappa shape index (κ3) is 4.47. The van der Waals surface area contributed by atoms with Gasteiger partial charge in [0, 0.05) is 32.7 Å². The molecule has 1 amide bonds. The highest BCUT2D eigenvalue weighted by Gasteiger charge is 2.27. The number of hydrogen-bond acceptors (Lipinski definition) is 4. The Hall–Kier alpha value is -2.53. The van der Waals surface area contributed by atoms with Crippen LogP contribution in [0.3, 0.4) is 0 Å². The van der Waals surface area contributed by atoms with Crippen molar-refractivity contribution in [1.29, 1.82) is 0 Å². The molecule has 0 atom stereocenters. The van der Waals surface area contributed by atoms with E-state index in [2.05, 4.69) is 43.0 Å². The van der Waals surface area contributed by atoms with E-state index >= 15 is 0 Å². The van der Waals surface area contributed by atoms with E-state index in [-0.39, 0.29) is 5.91 Å². The molecule has 1 saturated heterocycles. The first-order chi connectivity index (χ1) is 13.5. The summed E-state index contributed by atoms with van der Waals surface area (Å²) in [4.78, 5) is 17.4. The Labute approximate surface area is 167 Å². The molecular weight excluding hydrogens is 352 g/mol. The summed E-state index contributed by atoms with van der Waals surface area (Å²) >= 11 is 0. The van der Waals surface area contributed by atoms with Gasteiger partial charge in [0.05, 0.1) is 14.2 Å². The first-order valence-corrected chi connectivity index (χ1v) is 9.85. The second-order valence-corrected chi connectivity index (χ2v) is 7.50. The molecule has 2 aromatic rings. The lowest BCUT2D eigenvalue weighted by Gasteiger charge is -2.35. The predicted octanol–water partition coefficient (Wildman–Crippen LogP) is 3.79. The van der Waals surface area contributed by atoms with Gasteiger partial charge in [-0.25, -0.2) is 0 Å². The van der Waals surface area contributed by atoms with Crippen molar-refractivity contribution in [3.63, 3.8) is 0 Å². The largest absolute Gasteiger partial charge is 0.496 e. The van der Waals surface area contributed by atoms with Crippen LogP contribution in [0.5, 0.6) is 11.5 Å². The van der Waals surface area contributed by atoms with Crippen molar-refractivity contribution < 1.29 is 14.3 Å². The molecule has 5 heteroatoms. The van der Waals surface area contributed by atoms with E-state index in [4.69, 9.17) is 9.47 Å². The third-order valence-electron chi connectivity index (χ3n) is 5.35. The molecule has 28 heavy (non-hydrogen) atoms. The number of carbonyl (C=O) groups excluding carboxylic acids is 1. The van der Waals surface area contributed by atoms with Crippen molar-refractivity contribution in [1.82, 2.24) is 9.80 Å². The maximum absolute atomic E-state index is 13.1. The number of carbonyl (C=O) groups is 1. The Morgan fingerprint density at radius 3 is 2.00 bits per heavy atom. The van der Waals surface area contributed by atoms with Gasteiger partial charge in [-0.15, -0.1) is 0 Å². The molecule has 0 radical (unpaired) electrons. The Morgan fingerprint density at radius 1 is 0.929 bits per heavy atom. The summed E-state index contributed by atoms with van der Waals surface area (Å²) in [7, 11) is 3.15. The van der Waals surface area contributed by atoms with Gasteiger partial charge in [0.15, 0.2) is 0 Å². The lowest BCUT2D eigenvalue weighted by molar-refractivity contribution is 0.0622. The fraction of sp³-hybridized carbons (Fsp3) is 0.435. The molecule has 0 unspecified atom stereocenters. The highest BCUT2D eigenvalue weighted by Crippen LogP contribution is 2.30. The van der Waals surface area contributed by atoms with Crippen LogP contribution in [0.4, 0.5) is 0 Å². The SMILES string of the molecule is COc1cccc(OC)c1C(=O)N1CCN(Cc2ccc(C(C)C)cc2)CC1. The molecule has 0 saturated carbocycles. The topological polar surface area (TPSA) is 42.0 Å². The van der Waals surface area contributed by atoms with Gasteiger partial charge in [-0.3, -0.25) is 9.69 Å². The number of nitrogens with zero attached hydrogens (tertiary/aromatic N) is 2. The van der Waals surface area contributed by atoms with Crippen LogP contribution in [0.2, 0.25) is 0 Å². The molecule has 0 aromatic heterocycles. The van der Waals surface area contributed by atoms with Crippen LogP contribution >= 0.6 is 0 Å². The Morgan fingerprint density at radius 2 is 1.50 bits per heavy atom. The van der Waals surface area contributed by atoms with Gasteiger partial charge in [-0.05, 0) is 29.2 Å². The average Bonchev–Trinajstić information content (AvgIpc) is 2.73. The summed E-state index contributed by atoms with van der Waals surface area (Å²) in [6, 6.07) is 14.3. The number of piperazine rings is 1. The van der Waals surface area contributed by atoms with Crippen LogP contribution in [-0.2, 0) is 6.54 Å². The van der Waals surface area contributed by atoms with Crippen molar-refractivity contribution in [2.24, 2.45) is 0 Å². The van der Waals surface area contributed by atoms with E-state index in [1.807, 2.05) is 11.0 Å². The van der Waals surface area contributed by atoms with Crippen LogP contribution in [0.25, 0.3) is 0 Å². The second-order valence-electron chi connectivity index (χ2n) is 7.50. The van der Waals surface area contributed by atoms with E-state index in [9.17, 15) is 4.79 Å². The molecular formula is C23H30N2O3. The zero-order valence-corrected chi connectivity index (χ0v) is 17.3. The van der Waals surface area contributed by atoms with Gasteiger partial charge in [-0.2, -0.15) is 0 Å². The van der Waals surface area contributed by atoms with Crippen LogP contribution < -0.4 is 9.47 Å². The summed E-state index contributed by atoms with van der Waals surface area (Å²) in [6.07, 6.45) is 0. The third-order valence-corrected chi connectivity index (χ3v) is 5.35. The maximum atomic E-state index is 13.1. The standard InChI is InChI=1S/C23H30N2O3/c1-17(2)19-10-8-18(9-11-19)16-24-12-14-25(15-13-24)23(26)22-20(27-3)6-5-7-21(22)28-4/h5-11,17H,12-16H2,1-4H3. The average molecular weight is 383 g/mol. The van der Waals surface area contributed by atoms with E-state index < -0.39 is 0 Å². The molecule has 0 spiro atoms. The van der Waals surface area contributed by atoms with E-state index in [0.29, 0.717) is 36.1 Å². The number of amides is 1. The minimum Gasteiger partial charge on any atom is -0.496 e. The highest BCUT2D eigenvalue weighted by molar-refractivity contribution is 5.99. The minimum atomic E-state index is -0.0322.